The minimum atomic E-state index is -0.630. The maximum absolute atomic E-state index is 12.8. The molecule has 1 aromatic heterocycles. The number of H-pyrrole nitrogens is 1. The van der Waals surface area contributed by atoms with E-state index < -0.39 is 5.97 Å². The summed E-state index contributed by atoms with van der Waals surface area (Å²) in [4.78, 5) is 40.5. The van der Waals surface area contributed by atoms with E-state index in [4.69, 9.17) is 4.74 Å². The van der Waals surface area contributed by atoms with Crippen LogP contribution in [0.4, 0.5) is 0 Å². The van der Waals surface area contributed by atoms with Crippen molar-refractivity contribution in [1.29, 1.82) is 0 Å². The second-order valence-corrected chi connectivity index (χ2v) is 8.49. The van der Waals surface area contributed by atoms with Gasteiger partial charge in [0.2, 0.25) is 5.43 Å². The Morgan fingerprint density at radius 1 is 0.971 bits per heavy atom. The maximum Gasteiger partial charge on any atom is 0.343 e. The average molecular weight is 469 g/mol. The summed E-state index contributed by atoms with van der Waals surface area (Å²) < 4.78 is 4.97. The molecule has 6 nitrogen and oxygen atoms in total. The molecule has 178 valence electrons. The van der Waals surface area contributed by atoms with Crippen LogP contribution in [0.3, 0.4) is 0 Å². The Morgan fingerprint density at radius 3 is 2.40 bits per heavy atom. The smallest absolute Gasteiger partial charge is 0.343 e. The monoisotopic (exact) mass is 468 g/mol. The topological polar surface area (TPSA) is 88.3 Å². The molecule has 1 atom stereocenters. The molecule has 6 heteroatoms. The molecule has 0 aliphatic rings. The Kier molecular flexibility index (Phi) is 7.41. The van der Waals surface area contributed by atoms with Gasteiger partial charge in [-0.25, -0.2) is 4.79 Å². The van der Waals surface area contributed by atoms with Crippen molar-refractivity contribution in [2.45, 2.75) is 32.7 Å². The van der Waals surface area contributed by atoms with Gasteiger partial charge in [-0.2, -0.15) is 0 Å². The first-order valence-electron chi connectivity index (χ1n) is 11.7. The number of aromatic amines is 1. The highest BCUT2D eigenvalue weighted by Crippen LogP contribution is 2.19. The lowest BCUT2D eigenvalue weighted by atomic mass is 10.0. The summed E-state index contributed by atoms with van der Waals surface area (Å²) in [5.74, 6) is -0.750. The SMILES string of the molecule is CCOC(=O)c1c[nH]c2ccc(CC[C@H](C)NC(=O)c3ccc(-c4ccccc4)cc3)cc2c1=O. The van der Waals surface area contributed by atoms with Crippen LogP contribution in [-0.4, -0.2) is 29.5 Å². The van der Waals surface area contributed by atoms with Crippen LogP contribution < -0.4 is 10.7 Å². The predicted octanol–water partition coefficient (Wildman–Crippen LogP) is 5.12. The molecule has 0 unspecified atom stereocenters. The number of aromatic nitrogens is 1. The normalized spacial score (nSPS) is 11.7. The zero-order valence-corrected chi connectivity index (χ0v) is 19.8. The summed E-state index contributed by atoms with van der Waals surface area (Å²) in [5, 5.41) is 3.49. The number of ether oxygens (including phenoxy) is 1. The van der Waals surface area contributed by atoms with Gasteiger partial charge in [-0.1, -0.05) is 48.5 Å². The molecule has 1 amide bonds. The Bertz CT molecular complexity index is 1390. The number of amides is 1. The number of benzene rings is 3. The second kappa shape index (κ2) is 10.8. The molecule has 4 aromatic rings. The van der Waals surface area contributed by atoms with Crippen LogP contribution in [0.15, 0.2) is 83.8 Å². The molecule has 0 spiro atoms. The third-order valence-corrected chi connectivity index (χ3v) is 5.94. The van der Waals surface area contributed by atoms with Gasteiger partial charge in [0.1, 0.15) is 5.56 Å². The van der Waals surface area contributed by atoms with E-state index in [1.807, 2.05) is 73.7 Å². The van der Waals surface area contributed by atoms with Crippen LogP contribution in [0.1, 0.15) is 46.5 Å². The van der Waals surface area contributed by atoms with E-state index in [-0.39, 0.29) is 29.5 Å². The number of rotatable bonds is 8. The molecule has 35 heavy (non-hydrogen) atoms. The summed E-state index contributed by atoms with van der Waals surface area (Å²) in [5.41, 5.74) is 4.04. The van der Waals surface area contributed by atoms with Crippen molar-refractivity contribution in [3.63, 3.8) is 0 Å². The number of nitrogens with one attached hydrogen (secondary N) is 2. The van der Waals surface area contributed by atoms with Crippen molar-refractivity contribution in [3.05, 3.63) is 106 Å². The van der Waals surface area contributed by atoms with Gasteiger partial charge < -0.3 is 15.0 Å². The average Bonchev–Trinajstić information content (AvgIpc) is 2.88. The van der Waals surface area contributed by atoms with E-state index in [2.05, 4.69) is 10.3 Å². The fourth-order valence-corrected chi connectivity index (χ4v) is 3.99. The lowest BCUT2D eigenvalue weighted by Gasteiger charge is -2.14. The molecule has 0 aliphatic heterocycles. The van der Waals surface area contributed by atoms with E-state index in [1.165, 1.54) is 6.20 Å². The van der Waals surface area contributed by atoms with Crippen molar-refractivity contribution in [2.75, 3.05) is 6.61 Å². The highest BCUT2D eigenvalue weighted by Gasteiger charge is 2.15. The molecule has 0 fully saturated rings. The van der Waals surface area contributed by atoms with Crippen molar-refractivity contribution in [3.8, 4) is 11.1 Å². The number of esters is 1. The first-order valence-corrected chi connectivity index (χ1v) is 11.7. The molecule has 1 heterocycles. The molecular formula is C29H28N2O4. The number of aryl methyl sites for hydroxylation is 1. The molecule has 2 N–H and O–H groups in total. The summed E-state index contributed by atoms with van der Waals surface area (Å²) in [6.07, 6.45) is 2.77. The second-order valence-electron chi connectivity index (χ2n) is 8.49. The number of fused-ring (bicyclic) bond motifs is 1. The first-order chi connectivity index (χ1) is 17.0. The number of hydrogen-bond donors (Lipinski definition) is 2. The summed E-state index contributed by atoms with van der Waals surface area (Å²) in [6.45, 7) is 3.87. The van der Waals surface area contributed by atoms with Crippen LogP contribution in [0.2, 0.25) is 0 Å². The highest BCUT2D eigenvalue weighted by molar-refractivity contribution is 5.95. The Balaban J connectivity index is 1.39. The summed E-state index contributed by atoms with van der Waals surface area (Å²) in [6, 6.07) is 23.1. The van der Waals surface area contributed by atoms with E-state index in [0.717, 1.165) is 16.7 Å². The molecule has 0 aliphatic carbocycles. The van der Waals surface area contributed by atoms with E-state index in [0.29, 0.717) is 29.3 Å². The first kappa shape index (κ1) is 24.0. The molecular weight excluding hydrogens is 440 g/mol. The van der Waals surface area contributed by atoms with Gasteiger partial charge in [-0.3, -0.25) is 9.59 Å². The third-order valence-electron chi connectivity index (χ3n) is 5.94. The molecule has 3 aromatic carbocycles. The quantitative estimate of drug-likeness (QED) is 0.351. The lowest BCUT2D eigenvalue weighted by molar-refractivity contribution is 0.0524. The van der Waals surface area contributed by atoms with Crippen molar-refractivity contribution < 1.29 is 14.3 Å². The minimum Gasteiger partial charge on any atom is -0.462 e. The van der Waals surface area contributed by atoms with Crippen LogP contribution in [0.5, 0.6) is 0 Å². The van der Waals surface area contributed by atoms with Gasteiger partial charge in [0.25, 0.3) is 5.91 Å². The largest absolute Gasteiger partial charge is 0.462 e. The standard InChI is InChI=1S/C29H28N2O4/c1-3-35-29(34)25-18-30-26-16-11-20(17-24(26)27(25)32)10-9-19(2)31-28(33)23-14-12-22(13-15-23)21-7-5-4-6-8-21/h4-8,11-19H,3,9-10H2,1-2H3,(H,30,32)(H,31,33)/t19-/m0/s1. The summed E-state index contributed by atoms with van der Waals surface area (Å²) in [7, 11) is 0. The molecule has 0 bridgehead atoms. The zero-order chi connectivity index (χ0) is 24.8. The van der Waals surface area contributed by atoms with Gasteiger partial charge >= 0.3 is 5.97 Å². The van der Waals surface area contributed by atoms with E-state index in [1.54, 1.807) is 13.0 Å². The molecule has 0 saturated carbocycles. The van der Waals surface area contributed by atoms with Crippen LogP contribution in [0.25, 0.3) is 22.0 Å². The van der Waals surface area contributed by atoms with Gasteiger partial charge in [0.15, 0.2) is 0 Å². The van der Waals surface area contributed by atoms with Gasteiger partial charge in [0, 0.05) is 28.7 Å². The molecule has 4 rings (SSSR count). The van der Waals surface area contributed by atoms with Gasteiger partial charge in [-0.05, 0) is 67.6 Å². The van der Waals surface area contributed by atoms with E-state index in [9.17, 15) is 14.4 Å². The minimum absolute atomic E-state index is 0.00425. The van der Waals surface area contributed by atoms with E-state index >= 15 is 0 Å². The van der Waals surface area contributed by atoms with Crippen LogP contribution in [-0.2, 0) is 11.2 Å². The lowest BCUT2D eigenvalue weighted by Crippen LogP contribution is -2.32. The predicted molar refractivity (Wildman–Crippen MR) is 138 cm³/mol. The number of carbonyl (C=O) groups excluding carboxylic acids is 2. The Morgan fingerprint density at radius 2 is 1.69 bits per heavy atom. The van der Waals surface area contributed by atoms with Gasteiger partial charge in [-0.15, -0.1) is 0 Å². The Hall–Kier alpha value is -4.19. The number of carbonyl (C=O) groups is 2. The highest BCUT2D eigenvalue weighted by atomic mass is 16.5. The molecule has 0 saturated heterocycles. The fraction of sp³-hybridized carbons (Fsp3) is 0.207. The van der Waals surface area contributed by atoms with Crippen molar-refractivity contribution in [1.82, 2.24) is 10.3 Å². The number of hydrogen-bond acceptors (Lipinski definition) is 4. The summed E-state index contributed by atoms with van der Waals surface area (Å²) >= 11 is 0. The fourth-order valence-electron chi connectivity index (χ4n) is 3.99. The van der Waals surface area contributed by atoms with Crippen LogP contribution >= 0.6 is 0 Å². The third kappa shape index (κ3) is 5.66. The maximum atomic E-state index is 12.8. The number of pyridine rings is 1. The Labute approximate surface area is 204 Å². The van der Waals surface area contributed by atoms with Crippen molar-refractivity contribution >= 4 is 22.8 Å². The molecule has 0 radical (unpaired) electrons. The van der Waals surface area contributed by atoms with Crippen molar-refractivity contribution in [2.24, 2.45) is 0 Å². The van der Waals surface area contributed by atoms with Crippen LogP contribution in [0, 0.1) is 0 Å². The van der Waals surface area contributed by atoms with Gasteiger partial charge in [0.05, 0.1) is 6.61 Å². The zero-order valence-electron chi connectivity index (χ0n) is 19.8.